The minimum atomic E-state index is 0.139. The first-order valence-corrected chi connectivity index (χ1v) is 5.65. The lowest BCUT2D eigenvalue weighted by Crippen LogP contribution is -2.02. The van der Waals surface area contributed by atoms with Crippen LogP contribution >= 0.6 is 0 Å². The Bertz CT molecular complexity index is 541. The molecule has 0 saturated heterocycles. The summed E-state index contributed by atoms with van der Waals surface area (Å²) in [6.45, 7) is 0.616. The van der Waals surface area contributed by atoms with Crippen LogP contribution in [-0.4, -0.2) is 12.2 Å². The molecule has 2 aromatic carbocycles. The number of benzene rings is 2. The highest BCUT2D eigenvalue weighted by atomic mass is 16.5. The summed E-state index contributed by atoms with van der Waals surface area (Å²) in [5.41, 5.74) is 8.45. The number of ether oxygens (including phenoxy) is 1. The van der Waals surface area contributed by atoms with Crippen molar-refractivity contribution in [2.75, 3.05) is 18.2 Å². The third-order valence-corrected chi connectivity index (χ3v) is 2.69. The zero-order valence-electron chi connectivity index (χ0n) is 10.2. The van der Waals surface area contributed by atoms with Crippen LogP contribution in [0.25, 0.3) is 0 Å². The largest absolute Gasteiger partial charge is 0.504 e. The Morgan fingerprint density at radius 2 is 2.00 bits per heavy atom. The maximum atomic E-state index is 9.50. The highest BCUT2D eigenvalue weighted by Crippen LogP contribution is 2.27. The molecule has 0 atom stereocenters. The monoisotopic (exact) mass is 244 g/mol. The Hall–Kier alpha value is -2.36. The summed E-state index contributed by atoms with van der Waals surface area (Å²) in [5, 5.41) is 12.7. The normalized spacial score (nSPS) is 10.1. The quantitative estimate of drug-likeness (QED) is 0.723. The van der Waals surface area contributed by atoms with Crippen molar-refractivity contribution in [3.8, 4) is 11.5 Å². The molecular weight excluding hydrogens is 228 g/mol. The third kappa shape index (κ3) is 2.66. The highest BCUT2D eigenvalue weighted by Gasteiger charge is 2.03. The zero-order valence-corrected chi connectivity index (χ0v) is 10.2. The Balaban J connectivity index is 2.09. The lowest BCUT2D eigenvalue weighted by Gasteiger charge is -2.10. The molecule has 4 nitrogen and oxygen atoms in total. The standard InChI is InChI=1S/C14H16N2O2/c1-18-14-8-10(6-7-13(14)17)9-16-12-5-3-2-4-11(12)15/h2-8,16-17H,9,15H2,1H3. The second-order valence-corrected chi connectivity index (χ2v) is 3.95. The van der Waals surface area contributed by atoms with Gasteiger partial charge in [-0.2, -0.15) is 0 Å². The number of anilines is 2. The minimum absolute atomic E-state index is 0.139. The van der Waals surface area contributed by atoms with Crippen molar-refractivity contribution in [3.05, 3.63) is 48.0 Å². The van der Waals surface area contributed by atoms with E-state index in [4.69, 9.17) is 10.5 Å². The number of methoxy groups -OCH3 is 1. The zero-order chi connectivity index (χ0) is 13.0. The first-order chi connectivity index (χ1) is 8.70. The van der Waals surface area contributed by atoms with Crippen LogP contribution in [0.15, 0.2) is 42.5 Å². The molecule has 94 valence electrons. The fourth-order valence-electron chi connectivity index (χ4n) is 1.69. The summed E-state index contributed by atoms with van der Waals surface area (Å²) in [5.74, 6) is 0.607. The number of hydrogen-bond acceptors (Lipinski definition) is 4. The first kappa shape index (κ1) is 12.1. The third-order valence-electron chi connectivity index (χ3n) is 2.69. The van der Waals surface area contributed by atoms with E-state index >= 15 is 0 Å². The Labute approximate surface area is 106 Å². The van der Waals surface area contributed by atoms with Crippen LogP contribution in [0.5, 0.6) is 11.5 Å². The van der Waals surface area contributed by atoms with Crippen molar-refractivity contribution in [1.29, 1.82) is 0 Å². The second-order valence-electron chi connectivity index (χ2n) is 3.95. The lowest BCUT2D eigenvalue weighted by molar-refractivity contribution is 0.373. The van der Waals surface area contributed by atoms with E-state index in [1.54, 1.807) is 12.1 Å². The summed E-state index contributed by atoms with van der Waals surface area (Å²) in [6, 6.07) is 12.8. The molecule has 2 rings (SSSR count). The van der Waals surface area contributed by atoms with Crippen LogP contribution < -0.4 is 15.8 Å². The molecule has 0 spiro atoms. The molecule has 0 radical (unpaired) electrons. The van der Waals surface area contributed by atoms with Gasteiger partial charge in [-0.1, -0.05) is 18.2 Å². The van der Waals surface area contributed by atoms with E-state index < -0.39 is 0 Å². The SMILES string of the molecule is COc1cc(CNc2ccccc2N)ccc1O. The van der Waals surface area contributed by atoms with Crippen molar-refractivity contribution < 1.29 is 9.84 Å². The molecule has 0 aliphatic carbocycles. The molecule has 4 heteroatoms. The number of aromatic hydroxyl groups is 1. The van der Waals surface area contributed by atoms with Crippen molar-refractivity contribution in [2.24, 2.45) is 0 Å². The molecule has 0 fully saturated rings. The van der Waals surface area contributed by atoms with Crippen molar-refractivity contribution in [3.63, 3.8) is 0 Å². The van der Waals surface area contributed by atoms with Gasteiger partial charge in [0.2, 0.25) is 0 Å². The first-order valence-electron chi connectivity index (χ1n) is 5.65. The van der Waals surface area contributed by atoms with Gasteiger partial charge in [0, 0.05) is 6.54 Å². The summed E-state index contributed by atoms with van der Waals surface area (Å²) in [7, 11) is 1.53. The van der Waals surface area contributed by atoms with Crippen LogP contribution in [0.4, 0.5) is 11.4 Å². The number of nitrogens with one attached hydrogen (secondary N) is 1. The Morgan fingerprint density at radius 1 is 1.22 bits per heavy atom. The van der Waals surface area contributed by atoms with E-state index in [1.807, 2.05) is 30.3 Å². The van der Waals surface area contributed by atoms with Gasteiger partial charge in [0.15, 0.2) is 11.5 Å². The molecule has 0 aromatic heterocycles. The summed E-state index contributed by atoms with van der Waals surface area (Å²) in [6.07, 6.45) is 0. The molecule has 0 bridgehead atoms. The fourth-order valence-corrected chi connectivity index (χ4v) is 1.69. The van der Waals surface area contributed by atoms with Crippen molar-refractivity contribution in [2.45, 2.75) is 6.54 Å². The Morgan fingerprint density at radius 3 is 2.72 bits per heavy atom. The molecule has 0 heterocycles. The number of nitrogen functional groups attached to an aromatic ring is 1. The molecule has 18 heavy (non-hydrogen) atoms. The van der Waals surface area contributed by atoms with E-state index in [-0.39, 0.29) is 5.75 Å². The van der Waals surface area contributed by atoms with Gasteiger partial charge in [-0.05, 0) is 29.8 Å². The molecule has 4 N–H and O–H groups in total. The fraction of sp³-hybridized carbons (Fsp3) is 0.143. The van der Waals surface area contributed by atoms with E-state index in [0.717, 1.165) is 11.3 Å². The smallest absolute Gasteiger partial charge is 0.160 e. The van der Waals surface area contributed by atoms with Gasteiger partial charge in [0.1, 0.15) is 0 Å². The average molecular weight is 244 g/mol. The lowest BCUT2D eigenvalue weighted by atomic mass is 10.2. The number of para-hydroxylation sites is 2. The number of rotatable bonds is 4. The molecule has 0 unspecified atom stereocenters. The maximum Gasteiger partial charge on any atom is 0.160 e. The Kier molecular flexibility index (Phi) is 3.57. The van der Waals surface area contributed by atoms with E-state index in [2.05, 4.69) is 5.32 Å². The summed E-state index contributed by atoms with van der Waals surface area (Å²) < 4.78 is 5.06. The topological polar surface area (TPSA) is 67.5 Å². The number of phenolic OH excluding ortho intramolecular Hbond substituents is 1. The van der Waals surface area contributed by atoms with Crippen LogP contribution in [0.2, 0.25) is 0 Å². The number of phenols is 1. The molecule has 0 aliphatic heterocycles. The van der Waals surface area contributed by atoms with Gasteiger partial charge in [0.05, 0.1) is 18.5 Å². The van der Waals surface area contributed by atoms with Crippen LogP contribution in [0, 0.1) is 0 Å². The van der Waals surface area contributed by atoms with E-state index in [0.29, 0.717) is 18.0 Å². The van der Waals surface area contributed by atoms with Crippen molar-refractivity contribution >= 4 is 11.4 Å². The van der Waals surface area contributed by atoms with E-state index in [1.165, 1.54) is 7.11 Å². The molecule has 2 aromatic rings. The van der Waals surface area contributed by atoms with Crippen LogP contribution in [0.3, 0.4) is 0 Å². The predicted molar refractivity (Wildman–Crippen MR) is 72.8 cm³/mol. The molecule has 0 aliphatic rings. The van der Waals surface area contributed by atoms with Gasteiger partial charge in [-0.15, -0.1) is 0 Å². The van der Waals surface area contributed by atoms with Crippen LogP contribution in [-0.2, 0) is 6.54 Å². The van der Waals surface area contributed by atoms with Gasteiger partial charge in [-0.25, -0.2) is 0 Å². The summed E-state index contributed by atoms with van der Waals surface area (Å²) in [4.78, 5) is 0. The number of hydrogen-bond donors (Lipinski definition) is 3. The van der Waals surface area contributed by atoms with Gasteiger partial charge in [-0.3, -0.25) is 0 Å². The maximum absolute atomic E-state index is 9.50. The van der Waals surface area contributed by atoms with Gasteiger partial charge >= 0.3 is 0 Å². The van der Waals surface area contributed by atoms with E-state index in [9.17, 15) is 5.11 Å². The molecular formula is C14H16N2O2. The van der Waals surface area contributed by atoms with Crippen LogP contribution in [0.1, 0.15) is 5.56 Å². The molecule has 0 amide bonds. The van der Waals surface area contributed by atoms with Crippen molar-refractivity contribution in [1.82, 2.24) is 0 Å². The minimum Gasteiger partial charge on any atom is -0.504 e. The van der Waals surface area contributed by atoms with Gasteiger partial charge in [0.25, 0.3) is 0 Å². The molecule has 0 saturated carbocycles. The van der Waals surface area contributed by atoms with Gasteiger partial charge < -0.3 is 20.9 Å². The average Bonchev–Trinajstić information content (AvgIpc) is 2.39. The highest BCUT2D eigenvalue weighted by molar-refractivity contribution is 5.65. The second kappa shape index (κ2) is 5.31. The summed E-state index contributed by atoms with van der Waals surface area (Å²) >= 11 is 0. The number of nitrogens with two attached hydrogens (primary N) is 1. The predicted octanol–water partition coefficient (Wildman–Crippen LogP) is 2.60.